The number of hydrogen-bond donors (Lipinski definition) is 0. The minimum atomic E-state index is -6.39. The van der Waals surface area contributed by atoms with E-state index in [2.05, 4.69) is 25.5 Å². The molecule has 0 aromatic carbocycles. The maximum absolute atomic E-state index is 12.9. The van der Waals surface area contributed by atoms with Crippen molar-refractivity contribution in [2.24, 2.45) is 0 Å². The van der Waals surface area contributed by atoms with Crippen molar-refractivity contribution >= 4 is 5.97 Å². The molecular formula is C10H6F10O5. The van der Waals surface area contributed by atoms with Crippen LogP contribution in [0.25, 0.3) is 0 Å². The highest BCUT2D eigenvalue weighted by Gasteiger charge is 2.67. The second-order valence-corrected chi connectivity index (χ2v) is 3.68. The third kappa shape index (κ3) is 8.06. The molecule has 0 saturated heterocycles. The van der Waals surface area contributed by atoms with Crippen molar-refractivity contribution in [2.45, 2.75) is 24.6 Å². The van der Waals surface area contributed by atoms with Crippen molar-refractivity contribution < 1.29 is 67.6 Å². The molecule has 0 unspecified atom stereocenters. The van der Waals surface area contributed by atoms with Crippen molar-refractivity contribution in [2.75, 3.05) is 6.61 Å². The van der Waals surface area contributed by atoms with Crippen molar-refractivity contribution in [3.8, 4) is 0 Å². The monoisotopic (exact) mass is 396 g/mol. The van der Waals surface area contributed by atoms with E-state index in [0.29, 0.717) is 6.08 Å². The Morgan fingerprint density at radius 3 is 1.88 bits per heavy atom. The van der Waals surface area contributed by atoms with Gasteiger partial charge in [-0.15, -0.1) is 8.78 Å². The van der Waals surface area contributed by atoms with E-state index >= 15 is 0 Å². The molecule has 0 aliphatic rings. The lowest BCUT2D eigenvalue weighted by Gasteiger charge is -2.29. The Bertz CT molecular complexity index is 514. The third-order valence-electron chi connectivity index (χ3n) is 1.70. The van der Waals surface area contributed by atoms with E-state index in [4.69, 9.17) is 0 Å². The number of carbonyl (C=O) groups is 1. The van der Waals surface area contributed by atoms with Gasteiger partial charge in [-0.3, -0.25) is 0 Å². The number of hydrogen-bond acceptors (Lipinski definition) is 5. The number of rotatable bonds is 10. The zero-order valence-corrected chi connectivity index (χ0v) is 11.4. The molecular weight excluding hydrogens is 390 g/mol. The predicted octanol–water partition coefficient (Wildman–Crippen LogP) is 3.83. The highest BCUT2D eigenvalue weighted by Crippen LogP contribution is 2.42. The predicted molar refractivity (Wildman–Crippen MR) is 54.5 cm³/mol. The molecule has 0 amide bonds. The fourth-order valence-electron chi connectivity index (χ4n) is 0.834. The molecule has 0 bridgehead atoms. The summed E-state index contributed by atoms with van der Waals surface area (Å²) in [6, 6.07) is 0. The summed E-state index contributed by atoms with van der Waals surface area (Å²) >= 11 is 0. The van der Waals surface area contributed by atoms with E-state index in [-0.39, 0.29) is 0 Å². The van der Waals surface area contributed by atoms with E-state index in [0.717, 1.165) is 0 Å². The standard InChI is InChI=1S/C10H6F10O5/c1-2-6(21)22-4-7(13,14)24-10(19,20)25-9(17,18)8(15,16)23-3-5(11)12/h2-3H,1,4H2. The summed E-state index contributed by atoms with van der Waals surface area (Å²) in [6.45, 7) is 0.509. The fourth-order valence-corrected chi connectivity index (χ4v) is 0.834. The lowest BCUT2D eigenvalue weighted by molar-refractivity contribution is -0.550. The molecule has 5 nitrogen and oxygen atoms in total. The van der Waals surface area contributed by atoms with Gasteiger partial charge >= 0.3 is 36.7 Å². The molecule has 0 N–H and O–H groups in total. The van der Waals surface area contributed by atoms with Crippen LogP contribution in [-0.4, -0.2) is 37.2 Å². The van der Waals surface area contributed by atoms with E-state index in [1.54, 1.807) is 0 Å². The Morgan fingerprint density at radius 2 is 1.44 bits per heavy atom. The average Bonchev–Trinajstić information content (AvgIpc) is 2.40. The molecule has 0 aromatic heterocycles. The summed E-state index contributed by atoms with van der Waals surface area (Å²) < 4.78 is 136. The first-order chi connectivity index (χ1) is 11.0. The van der Waals surface area contributed by atoms with Crippen molar-refractivity contribution in [3.05, 3.63) is 25.0 Å². The molecule has 0 aliphatic carbocycles. The van der Waals surface area contributed by atoms with Gasteiger partial charge in [0.1, 0.15) is 0 Å². The van der Waals surface area contributed by atoms with Crippen LogP contribution in [0.3, 0.4) is 0 Å². The third-order valence-corrected chi connectivity index (χ3v) is 1.70. The van der Waals surface area contributed by atoms with Crippen LogP contribution < -0.4 is 0 Å². The number of carbonyl (C=O) groups excluding carboxylic acids is 1. The van der Waals surface area contributed by atoms with E-state index < -0.39 is 49.5 Å². The maximum Gasteiger partial charge on any atom is 0.495 e. The van der Waals surface area contributed by atoms with Crippen LogP contribution >= 0.6 is 0 Å². The summed E-state index contributed by atoms with van der Waals surface area (Å²) in [4.78, 5) is 10.5. The topological polar surface area (TPSA) is 54.0 Å². The van der Waals surface area contributed by atoms with Gasteiger partial charge in [0, 0.05) is 6.08 Å². The highest BCUT2D eigenvalue weighted by molar-refractivity contribution is 5.81. The average molecular weight is 396 g/mol. The zero-order chi connectivity index (χ0) is 20.1. The van der Waals surface area contributed by atoms with Gasteiger partial charge in [0.25, 0.3) is 0 Å². The number of esters is 1. The Labute approximate surface area is 131 Å². The molecule has 0 spiro atoms. The smallest absolute Gasteiger partial charge is 0.453 e. The van der Waals surface area contributed by atoms with Crippen molar-refractivity contribution in [1.29, 1.82) is 0 Å². The summed E-state index contributed by atoms with van der Waals surface area (Å²) in [5, 5.41) is 0. The Kier molecular flexibility index (Phi) is 7.26. The van der Waals surface area contributed by atoms with Gasteiger partial charge in [0.05, 0.1) is 0 Å². The van der Waals surface area contributed by atoms with E-state index in [1.807, 2.05) is 0 Å². The molecule has 0 radical (unpaired) electrons. The van der Waals surface area contributed by atoms with Gasteiger partial charge in [0.2, 0.25) is 0 Å². The molecule has 146 valence electrons. The summed E-state index contributed by atoms with van der Waals surface area (Å²) in [7, 11) is 0. The second-order valence-electron chi connectivity index (χ2n) is 3.68. The van der Waals surface area contributed by atoms with Crippen molar-refractivity contribution in [3.63, 3.8) is 0 Å². The normalized spacial score (nSPS) is 13.2. The highest BCUT2D eigenvalue weighted by atomic mass is 19.3. The first kappa shape index (κ1) is 23.0. The maximum atomic E-state index is 12.9. The number of halogens is 10. The lowest BCUT2D eigenvalue weighted by Crippen LogP contribution is -2.50. The number of alkyl halides is 8. The molecule has 0 aliphatic heterocycles. The molecule has 0 heterocycles. The molecule has 0 aromatic rings. The molecule has 0 saturated carbocycles. The number of ether oxygens (including phenoxy) is 4. The molecule has 0 rings (SSSR count). The van der Waals surface area contributed by atoms with Crippen molar-refractivity contribution in [1.82, 2.24) is 0 Å². The van der Waals surface area contributed by atoms with Gasteiger partial charge in [-0.1, -0.05) is 6.58 Å². The first-order valence-corrected chi connectivity index (χ1v) is 5.43. The lowest BCUT2D eigenvalue weighted by atomic mass is 10.5. The molecule has 15 heteroatoms. The zero-order valence-electron chi connectivity index (χ0n) is 11.4. The molecule has 0 atom stereocenters. The fraction of sp³-hybridized carbons (Fsp3) is 0.500. The minimum Gasteiger partial charge on any atom is -0.453 e. The van der Waals surface area contributed by atoms with Crippen LogP contribution in [0.1, 0.15) is 0 Å². The van der Waals surface area contributed by atoms with E-state index in [1.165, 1.54) is 0 Å². The van der Waals surface area contributed by atoms with Crippen LogP contribution in [0, 0.1) is 0 Å². The molecule has 0 fully saturated rings. The van der Waals surface area contributed by atoms with Gasteiger partial charge in [-0.2, -0.15) is 35.1 Å². The Balaban J connectivity index is 5.05. The van der Waals surface area contributed by atoms with Crippen LogP contribution in [0.5, 0.6) is 0 Å². The second kappa shape index (κ2) is 7.90. The van der Waals surface area contributed by atoms with Gasteiger partial charge in [0.15, 0.2) is 12.9 Å². The van der Waals surface area contributed by atoms with Crippen LogP contribution in [-0.2, 0) is 23.7 Å². The minimum absolute atomic E-state index is 0.328. The van der Waals surface area contributed by atoms with Gasteiger partial charge < -0.3 is 9.47 Å². The van der Waals surface area contributed by atoms with Gasteiger partial charge in [-0.25, -0.2) is 14.3 Å². The summed E-state index contributed by atoms with van der Waals surface area (Å²) in [5.41, 5.74) is 0. The SMILES string of the molecule is C=CC(=O)OCC(F)(F)OC(F)(F)OC(F)(F)C(F)(F)OC=C(F)F. The quantitative estimate of drug-likeness (QED) is 0.185. The summed E-state index contributed by atoms with van der Waals surface area (Å²) in [5.74, 6) is -1.54. The van der Waals surface area contributed by atoms with E-state index in [9.17, 15) is 48.7 Å². The Morgan fingerprint density at radius 1 is 0.920 bits per heavy atom. The Hall–Kier alpha value is -2.03. The first-order valence-electron chi connectivity index (χ1n) is 5.43. The molecule has 25 heavy (non-hydrogen) atoms. The van der Waals surface area contributed by atoms with Crippen LogP contribution in [0.2, 0.25) is 0 Å². The largest absolute Gasteiger partial charge is 0.495 e. The van der Waals surface area contributed by atoms with Gasteiger partial charge in [-0.05, 0) is 0 Å². The van der Waals surface area contributed by atoms with Crippen LogP contribution in [0.15, 0.2) is 25.0 Å². The summed E-state index contributed by atoms with van der Waals surface area (Å²) in [6.07, 6.45) is -27.7. The van der Waals surface area contributed by atoms with Crippen LogP contribution in [0.4, 0.5) is 43.9 Å².